The van der Waals surface area contributed by atoms with Crippen LogP contribution in [0.25, 0.3) is 0 Å². The summed E-state index contributed by atoms with van der Waals surface area (Å²) in [5.41, 5.74) is 1.54. The lowest BCUT2D eigenvalue weighted by Crippen LogP contribution is -2.30. The zero-order valence-electron chi connectivity index (χ0n) is 15.5. The maximum Gasteiger partial charge on any atom is 0.387 e. The SMILES string of the molecule is CCOc1ccc(NC(=NC)NCc2cccc(OC(F)F)c2)cc1OC. The van der Waals surface area contributed by atoms with Crippen molar-refractivity contribution in [2.24, 2.45) is 4.99 Å². The van der Waals surface area contributed by atoms with Crippen LogP contribution < -0.4 is 24.8 Å². The van der Waals surface area contributed by atoms with E-state index in [1.165, 1.54) is 6.07 Å². The van der Waals surface area contributed by atoms with Crippen LogP contribution in [-0.2, 0) is 6.54 Å². The van der Waals surface area contributed by atoms with Crippen LogP contribution in [0.5, 0.6) is 17.2 Å². The summed E-state index contributed by atoms with van der Waals surface area (Å²) in [5.74, 6) is 1.89. The van der Waals surface area contributed by atoms with E-state index in [9.17, 15) is 8.78 Å². The molecule has 2 rings (SSSR count). The number of nitrogens with zero attached hydrogens (tertiary/aromatic N) is 1. The van der Waals surface area contributed by atoms with Gasteiger partial charge in [-0.15, -0.1) is 0 Å². The van der Waals surface area contributed by atoms with Crippen LogP contribution in [0.3, 0.4) is 0 Å². The standard InChI is InChI=1S/C19H23F2N3O3/c1-4-26-16-9-8-14(11-17(16)25-3)24-19(22-2)23-12-13-6-5-7-15(10-13)27-18(20)21/h5-11,18H,4,12H2,1-3H3,(H2,22,23,24). The Balaban J connectivity index is 2.00. The number of methoxy groups -OCH3 is 1. The molecule has 0 radical (unpaired) electrons. The monoisotopic (exact) mass is 379 g/mol. The minimum atomic E-state index is -2.85. The minimum Gasteiger partial charge on any atom is -0.493 e. The molecule has 0 heterocycles. The number of halogens is 2. The average Bonchev–Trinajstić information content (AvgIpc) is 2.66. The number of guanidine groups is 1. The molecule has 0 aliphatic rings. The molecule has 2 aromatic carbocycles. The second-order valence-corrected chi connectivity index (χ2v) is 5.38. The van der Waals surface area contributed by atoms with E-state index < -0.39 is 6.61 Å². The fraction of sp³-hybridized carbons (Fsp3) is 0.316. The third-order valence-electron chi connectivity index (χ3n) is 3.53. The van der Waals surface area contributed by atoms with E-state index >= 15 is 0 Å². The minimum absolute atomic E-state index is 0.114. The molecule has 0 aromatic heterocycles. The summed E-state index contributed by atoms with van der Waals surface area (Å²) in [6.07, 6.45) is 0. The first kappa shape index (κ1) is 20.3. The van der Waals surface area contributed by atoms with Crippen molar-refractivity contribution in [3.05, 3.63) is 48.0 Å². The van der Waals surface area contributed by atoms with Gasteiger partial charge in [0.25, 0.3) is 0 Å². The zero-order valence-corrected chi connectivity index (χ0v) is 15.5. The number of nitrogens with one attached hydrogen (secondary N) is 2. The molecule has 27 heavy (non-hydrogen) atoms. The summed E-state index contributed by atoms with van der Waals surface area (Å²) >= 11 is 0. The summed E-state index contributed by atoms with van der Waals surface area (Å²) in [5, 5.41) is 6.26. The van der Waals surface area contributed by atoms with Gasteiger partial charge in [0.2, 0.25) is 0 Å². The molecule has 0 atom stereocenters. The maximum atomic E-state index is 12.3. The molecule has 0 spiro atoms. The van der Waals surface area contributed by atoms with Gasteiger partial charge in [0.1, 0.15) is 5.75 Å². The quantitative estimate of drug-likeness (QED) is 0.538. The van der Waals surface area contributed by atoms with Crippen LogP contribution >= 0.6 is 0 Å². The Morgan fingerprint density at radius 1 is 1.15 bits per heavy atom. The second-order valence-electron chi connectivity index (χ2n) is 5.38. The predicted molar refractivity (Wildman–Crippen MR) is 101 cm³/mol. The zero-order chi connectivity index (χ0) is 19.6. The van der Waals surface area contributed by atoms with E-state index in [1.807, 2.05) is 19.1 Å². The molecule has 146 valence electrons. The van der Waals surface area contributed by atoms with Crippen molar-refractivity contribution in [2.45, 2.75) is 20.1 Å². The summed E-state index contributed by atoms with van der Waals surface area (Å²) in [6, 6.07) is 11.9. The van der Waals surface area contributed by atoms with Crippen LogP contribution in [0, 0.1) is 0 Å². The van der Waals surface area contributed by atoms with E-state index in [2.05, 4.69) is 20.4 Å². The van der Waals surface area contributed by atoms with Crippen LogP contribution in [0.15, 0.2) is 47.5 Å². The average molecular weight is 379 g/mol. The van der Waals surface area contributed by atoms with E-state index in [4.69, 9.17) is 9.47 Å². The molecule has 0 fully saturated rings. The van der Waals surface area contributed by atoms with Crippen LogP contribution in [0.2, 0.25) is 0 Å². The fourth-order valence-corrected chi connectivity index (χ4v) is 2.35. The first-order chi connectivity index (χ1) is 13.0. The number of anilines is 1. The van der Waals surface area contributed by atoms with Crippen molar-refractivity contribution in [1.29, 1.82) is 0 Å². The topological polar surface area (TPSA) is 64.1 Å². The molecular weight excluding hydrogens is 356 g/mol. The van der Waals surface area contributed by atoms with Crippen LogP contribution in [0.1, 0.15) is 12.5 Å². The molecule has 0 saturated carbocycles. The Morgan fingerprint density at radius 3 is 2.63 bits per heavy atom. The number of ether oxygens (including phenoxy) is 3. The Labute approximate surface area is 157 Å². The number of hydrogen-bond acceptors (Lipinski definition) is 4. The highest BCUT2D eigenvalue weighted by Gasteiger charge is 2.08. The summed E-state index contributed by atoms with van der Waals surface area (Å²) < 4.78 is 39.9. The normalized spacial score (nSPS) is 11.3. The van der Waals surface area contributed by atoms with Gasteiger partial charge in [-0.1, -0.05) is 12.1 Å². The lowest BCUT2D eigenvalue weighted by atomic mass is 10.2. The molecule has 0 unspecified atom stereocenters. The van der Waals surface area contributed by atoms with E-state index in [1.54, 1.807) is 38.4 Å². The smallest absolute Gasteiger partial charge is 0.387 e. The highest BCUT2D eigenvalue weighted by atomic mass is 19.3. The Hall–Kier alpha value is -3.03. The van der Waals surface area contributed by atoms with Gasteiger partial charge < -0.3 is 24.8 Å². The predicted octanol–water partition coefficient (Wildman–Crippen LogP) is 3.88. The van der Waals surface area contributed by atoms with Crippen molar-refractivity contribution >= 4 is 11.6 Å². The van der Waals surface area contributed by atoms with Crippen molar-refractivity contribution in [3.8, 4) is 17.2 Å². The number of aliphatic imine (C=N–C) groups is 1. The largest absolute Gasteiger partial charge is 0.493 e. The van der Waals surface area contributed by atoms with E-state index in [0.717, 1.165) is 11.3 Å². The molecule has 6 nitrogen and oxygen atoms in total. The maximum absolute atomic E-state index is 12.3. The number of rotatable bonds is 8. The fourth-order valence-electron chi connectivity index (χ4n) is 2.35. The van der Waals surface area contributed by atoms with Crippen molar-refractivity contribution < 1.29 is 23.0 Å². The van der Waals surface area contributed by atoms with Gasteiger partial charge >= 0.3 is 6.61 Å². The van der Waals surface area contributed by atoms with Crippen molar-refractivity contribution in [3.63, 3.8) is 0 Å². The summed E-state index contributed by atoms with van der Waals surface area (Å²) in [6.45, 7) is -0.0227. The first-order valence-corrected chi connectivity index (χ1v) is 8.38. The lowest BCUT2D eigenvalue weighted by Gasteiger charge is -2.15. The summed E-state index contributed by atoms with van der Waals surface area (Å²) in [4.78, 5) is 4.15. The van der Waals surface area contributed by atoms with E-state index in [-0.39, 0.29) is 5.75 Å². The van der Waals surface area contributed by atoms with Gasteiger partial charge in [-0.05, 0) is 36.8 Å². The van der Waals surface area contributed by atoms with Gasteiger partial charge in [-0.2, -0.15) is 8.78 Å². The number of alkyl halides is 2. The molecule has 0 bridgehead atoms. The Morgan fingerprint density at radius 2 is 1.96 bits per heavy atom. The highest BCUT2D eigenvalue weighted by molar-refractivity contribution is 5.93. The van der Waals surface area contributed by atoms with Gasteiger partial charge in [0, 0.05) is 25.3 Å². The third-order valence-corrected chi connectivity index (χ3v) is 3.53. The molecule has 0 saturated heterocycles. The number of benzene rings is 2. The third kappa shape index (κ3) is 6.32. The van der Waals surface area contributed by atoms with Crippen molar-refractivity contribution in [2.75, 3.05) is 26.1 Å². The Bertz CT molecular complexity index is 770. The molecule has 2 aromatic rings. The molecule has 0 aliphatic carbocycles. The Kier molecular flexibility index (Phi) is 7.66. The molecule has 0 aliphatic heterocycles. The van der Waals surface area contributed by atoms with Crippen LogP contribution in [0.4, 0.5) is 14.5 Å². The second kappa shape index (κ2) is 10.2. The van der Waals surface area contributed by atoms with Gasteiger partial charge in [0.05, 0.1) is 13.7 Å². The number of hydrogen-bond donors (Lipinski definition) is 2. The van der Waals surface area contributed by atoms with Crippen molar-refractivity contribution in [1.82, 2.24) is 5.32 Å². The molecule has 2 N–H and O–H groups in total. The highest BCUT2D eigenvalue weighted by Crippen LogP contribution is 2.30. The first-order valence-electron chi connectivity index (χ1n) is 8.38. The lowest BCUT2D eigenvalue weighted by molar-refractivity contribution is -0.0498. The summed E-state index contributed by atoms with van der Waals surface area (Å²) in [7, 11) is 3.21. The molecule has 8 heteroatoms. The molecule has 0 amide bonds. The van der Waals surface area contributed by atoms with Crippen LogP contribution in [-0.4, -0.2) is 33.3 Å². The van der Waals surface area contributed by atoms with Gasteiger partial charge in [-0.25, -0.2) is 0 Å². The van der Waals surface area contributed by atoms with E-state index in [0.29, 0.717) is 30.6 Å². The van der Waals surface area contributed by atoms with Gasteiger partial charge in [-0.3, -0.25) is 4.99 Å². The van der Waals surface area contributed by atoms with Gasteiger partial charge in [0.15, 0.2) is 17.5 Å². The molecular formula is C19H23F2N3O3.